The molecular formula is C18H33N3O3. The summed E-state index contributed by atoms with van der Waals surface area (Å²) in [7, 11) is 1.77. The zero-order valence-electron chi connectivity index (χ0n) is 15.7. The summed E-state index contributed by atoms with van der Waals surface area (Å²) >= 11 is 0. The van der Waals surface area contributed by atoms with Crippen molar-refractivity contribution in [1.82, 2.24) is 14.7 Å². The Morgan fingerprint density at radius 2 is 1.75 bits per heavy atom. The maximum absolute atomic E-state index is 12.0. The molecular weight excluding hydrogens is 306 g/mol. The first-order valence-corrected chi connectivity index (χ1v) is 9.24. The highest BCUT2D eigenvalue weighted by Crippen LogP contribution is 2.42. The number of piperidine rings is 1. The van der Waals surface area contributed by atoms with E-state index in [2.05, 4.69) is 9.80 Å². The van der Waals surface area contributed by atoms with Gasteiger partial charge >= 0.3 is 6.09 Å². The molecule has 0 aliphatic carbocycles. The van der Waals surface area contributed by atoms with Gasteiger partial charge in [-0.15, -0.1) is 0 Å². The molecule has 0 atom stereocenters. The van der Waals surface area contributed by atoms with Crippen molar-refractivity contribution in [3.05, 3.63) is 0 Å². The topological polar surface area (TPSA) is 45.2 Å². The zero-order chi connectivity index (χ0) is 17.4. The molecule has 0 aromatic heterocycles. The molecule has 0 aromatic carbocycles. The Kier molecular flexibility index (Phi) is 5.09. The maximum atomic E-state index is 12.0. The number of nitrogens with zero attached hydrogens (tertiary/aromatic N) is 3. The lowest BCUT2D eigenvalue weighted by Gasteiger charge is -2.62. The van der Waals surface area contributed by atoms with Crippen molar-refractivity contribution in [3.8, 4) is 0 Å². The maximum Gasteiger partial charge on any atom is 0.410 e. The highest BCUT2D eigenvalue weighted by atomic mass is 16.6. The van der Waals surface area contributed by atoms with Crippen LogP contribution in [-0.4, -0.2) is 92.0 Å². The molecule has 24 heavy (non-hydrogen) atoms. The molecule has 0 saturated carbocycles. The number of ether oxygens (including phenoxy) is 2. The number of rotatable bonds is 4. The monoisotopic (exact) mass is 339 g/mol. The molecule has 3 fully saturated rings. The van der Waals surface area contributed by atoms with E-state index in [4.69, 9.17) is 9.47 Å². The highest BCUT2D eigenvalue weighted by molar-refractivity contribution is 5.69. The van der Waals surface area contributed by atoms with Gasteiger partial charge in [-0.1, -0.05) is 0 Å². The summed E-state index contributed by atoms with van der Waals surface area (Å²) in [5.74, 6) is 0. The van der Waals surface area contributed by atoms with E-state index in [0.717, 1.165) is 45.4 Å². The average Bonchev–Trinajstić information content (AvgIpc) is 2.41. The van der Waals surface area contributed by atoms with Crippen molar-refractivity contribution < 1.29 is 14.3 Å². The van der Waals surface area contributed by atoms with Gasteiger partial charge in [-0.2, -0.15) is 0 Å². The van der Waals surface area contributed by atoms with Crippen molar-refractivity contribution in [2.75, 3.05) is 59.5 Å². The van der Waals surface area contributed by atoms with Gasteiger partial charge in [-0.3, -0.25) is 4.90 Å². The van der Waals surface area contributed by atoms with Crippen molar-refractivity contribution in [2.24, 2.45) is 5.41 Å². The summed E-state index contributed by atoms with van der Waals surface area (Å²) in [5, 5.41) is 0. The van der Waals surface area contributed by atoms with Gasteiger partial charge < -0.3 is 19.3 Å². The van der Waals surface area contributed by atoms with E-state index in [1.54, 1.807) is 7.11 Å². The molecule has 3 rings (SSSR count). The van der Waals surface area contributed by atoms with E-state index in [-0.39, 0.29) is 6.09 Å². The number of likely N-dealkylation sites (tertiary alicyclic amines) is 3. The molecule has 1 amide bonds. The third-order valence-corrected chi connectivity index (χ3v) is 5.47. The number of methoxy groups -OCH3 is 1. The van der Waals surface area contributed by atoms with Gasteiger partial charge in [-0.05, 0) is 46.7 Å². The van der Waals surface area contributed by atoms with Crippen LogP contribution < -0.4 is 0 Å². The van der Waals surface area contributed by atoms with Crippen LogP contribution in [-0.2, 0) is 9.47 Å². The van der Waals surface area contributed by atoms with E-state index in [1.807, 2.05) is 25.7 Å². The second-order valence-corrected chi connectivity index (χ2v) is 8.81. The fraction of sp³-hybridized carbons (Fsp3) is 0.944. The second-order valence-electron chi connectivity index (χ2n) is 8.81. The van der Waals surface area contributed by atoms with Gasteiger partial charge in [-0.25, -0.2) is 4.79 Å². The molecule has 0 N–H and O–H groups in total. The Morgan fingerprint density at radius 3 is 2.29 bits per heavy atom. The fourth-order valence-corrected chi connectivity index (χ4v) is 4.22. The summed E-state index contributed by atoms with van der Waals surface area (Å²) in [6.07, 6.45) is 2.36. The van der Waals surface area contributed by atoms with Crippen LogP contribution >= 0.6 is 0 Å². The molecule has 0 aromatic rings. The molecule has 138 valence electrons. The first kappa shape index (κ1) is 18.0. The summed E-state index contributed by atoms with van der Waals surface area (Å²) in [5.41, 5.74) is -0.0492. The van der Waals surface area contributed by atoms with Gasteiger partial charge in [0.15, 0.2) is 0 Å². The van der Waals surface area contributed by atoms with Crippen LogP contribution in [0.15, 0.2) is 0 Å². The summed E-state index contributed by atoms with van der Waals surface area (Å²) in [4.78, 5) is 19.0. The van der Waals surface area contributed by atoms with Gasteiger partial charge in [0.25, 0.3) is 0 Å². The van der Waals surface area contributed by atoms with Crippen LogP contribution in [0.2, 0.25) is 0 Å². The Bertz CT molecular complexity index is 441. The molecule has 1 spiro atoms. The molecule has 0 radical (unpaired) electrons. The number of hydrogen-bond acceptors (Lipinski definition) is 5. The van der Waals surface area contributed by atoms with Gasteiger partial charge in [0.05, 0.1) is 6.61 Å². The molecule has 0 unspecified atom stereocenters. The normalized spacial score (nSPS) is 25.4. The summed E-state index contributed by atoms with van der Waals surface area (Å²) < 4.78 is 10.6. The lowest BCUT2D eigenvalue weighted by atomic mass is 9.72. The number of carbonyl (C=O) groups is 1. The van der Waals surface area contributed by atoms with Gasteiger partial charge in [0, 0.05) is 51.3 Å². The van der Waals surface area contributed by atoms with E-state index >= 15 is 0 Å². The largest absolute Gasteiger partial charge is 0.444 e. The van der Waals surface area contributed by atoms with Crippen molar-refractivity contribution in [3.63, 3.8) is 0 Å². The first-order chi connectivity index (χ1) is 11.3. The van der Waals surface area contributed by atoms with Crippen LogP contribution in [0.3, 0.4) is 0 Å². The Balaban J connectivity index is 1.35. The molecule has 3 aliphatic heterocycles. The van der Waals surface area contributed by atoms with Crippen molar-refractivity contribution >= 4 is 6.09 Å². The Morgan fingerprint density at radius 1 is 1.12 bits per heavy atom. The standard InChI is InChI=1S/C18H33N3O3/c1-17(2,3)24-16(22)21-13-18(14-21)11-20(12-18)15-5-7-19(8-6-15)9-10-23-4/h15H,5-14H2,1-4H3. The molecule has 3 heterocycles. The van der Waals surface area contributed by atoms with Gasteiger partial charge in [0.2, 0.25) is 0 Å². The minimum atomic E-state index is -0.401. The minimum absolute atomic E-state index is 0.155. The second kappa shape index (κ2) is 6.81. The van der Waals surface area contributed by atoms with Crippen LogP contribution in [0, 0.1) is 5.41 Å². The number of hydrogen-bond donors (Lipinski definition) is 0. The van der Waals surface area contributed by atoms with Crippen molar-refractivity contribution in [2.45, 2.75) is 45.3 Å². The highest BCUT2D eigenvalue weighted by Gasteiger charge is 2.55. The summed E-state index contributed by atoms with van der Waals surface area (Å²) in [6.45, 7) is 14.0. The van der Waals surface area contributed by atoms with E-state index in [0.29, 0.717) is 5.41 Å². The number of amides is 1. The molecule has 0 bridgehead atoms. The smallest absolute Gasteiger partial charge is 0.410 e. The van der Waals surface area contributed by atoms with E-state index in [1.165, 1.54) is 25.9 Å². The first-order valence-electron chi connectivity index (χ1n) is 9.24. The molecule has 6 heteroatoms. The lowest BCUT2D eigenvalue weighted by molar-refractivity contribution is -0.132. The van der Waals surface area contributed by atoms with Crippen LogP contribution in [0.4, 0.5) is 4.79 Å². The van der Waals surface area contributed by atoms with Gasteiger partial charge in [0.1, 0.15) is 5.60 Å². The predicted octanol–water partition coefficient (Wildman–Crippen LogP) is 1.65. The zero-order valence-corrected chi connectivity index (χ0v) is 15.7. The van der Waals surface area contributed by atoms with Crippen molar-refractivity contribution in [1.29, 1.82) is 0 Å². The lowest BCUT2D eigenvalue weighted by Crippen LogP contribution is -2.74. The molecule has 6 nitrogen and oxygen atoms in total. The third kappa shape index (κ3) is 4.03. The Hall–Kier alpha value is -0.850. The van der Waals surface area contributed by atoms with Crippen LogP contribution in [0.5, 0.6) is 0 Å². The van der Waals surface area contributed by atoms with E-state index in [9.17, 15) is 4.79 Å². The average molecular weight is 339 g/mol. The van der Waals surface area contributed by atoms with Crippen LogP contribution in [0.1, 0.15) is 33.6 Å². The minimum Gasteiger partial charge on any atom is -0.444 e. The fourth-order valence-electron chi connectivity index (χ4n) is 4.22. The van der Waals surface area contributed by atoms with Crippen LogP contribution in [0.25, 0.3) is 0 Å². The Labute approximate surface area is 146 Å². The third-order valence-electron chi connectivity index (χ3n) is 5.47. The SMILES string of the molecule is COCCN1CCC(N2CC3(CN(C(=O)OC(C)(C)C)C3)C2)CC1. The van der Waals surface area contributed by atoms with E-state index < -0.39 is 5.60 Å². The quantitative estimate of drug-likeness (QED) is 0.779. The predicted molar refractivity (Wildman–Crippen MR) is 93.2 cm³/mol. The summed E-state index contributed by atoms with van der Waals surface area (Å²) in [6, 6.07) is 0.727. The molecule has 3 saturated heterocycles. The number of carbonyl (C=O) groups excluding carboxylic acids is 1. The molecule has 3 aliphatic rings.